The van der Waals surface area contributed by atoms with E-state index in [4.69, 9.17) is 4.74 Å². The van der Waals surface area contributed by atoms with Gasteiger partial charge in [0.25, 0.3) is 0 Å². The minimum Gasteiger partial charge on any atom is -0.481 e. The van der Waals surface area contributed by atoms with Gasteiger partial charge in [-0.15, -0.1) is 0 Å². The van der Waals surface area contributed by atoms with Crippen molar-refractivity contribution in [2.75, 3.05) is 38.2 Å². The summed E-state index contributed by atoms with van der Waals surface area (Å²) in [6.45, 7) is 1.45. The summed E-state index contributed by atoms with van der Waals surface area (Å²) in [4.78, 5) is 10.3. The molecule has 128 valence electrons. The average Bonchev–Trinajstić information content (AvgIpc) is 2.62. The Morgan fingerprint density at radius 2 is 1.92 bits per heavy atom. The number of sulfonamides is 1. The predicted octanol–water partition coefficient (Wildman–Crippen LogP) is 1.14. The Hall–Kier alpha value is -2.26. The molecular weight excluding hydrogens is 335 g/mol. The Labute approximate surface area is 139 Å². The van der Waals surface area contributed by atoms with E-state index >= 15 is 0 Å². The van der Waals surface area contributed by atoms with E-state index in [9.17, 15) is 12.8 Å². The quantitative estimate of drug-likeness (QED) is 0.821. The summed E-state index contributed by atoms with van der Waals surface area (Å²) >= 11 is 0. The summed E-state index contributed by atoms with van der Waals surface area (Å²) < 4.78 is 44.9. The molecule has 2 aromatic rings. The lowest BCUT2D eigenvalue weighted by Gasteiger charge is -2.33. The highest BCUT2D eigenvalue weighted by molar-refractivity contribution is 7.89. The third kappa shape index (κ3) is 3.31. The molecule has 1 saturated heterocycles. The van der Waals surface area contributed by atoms with Crippen LogP contribution in [-0.2, 0) is 10.0 Å². The first kappa shape index (κ1) is 16.6. The fraction of sp³-hybridized carbons (Fsp3) is 0.333. The summed E-state index contributed by atoms with van der Waals surface area (Å²) in [6.07, 6.45) is 1.59. The molecule has 0 saturated carbocycles. The minimum absolute atomic E-state index is 0.0337. The number of ether oxygens (including phenoxy) is 1. The van der Waals surface area contributed by atoms with Crippen LogP contribution in [0.3, 0.4) is 0 Å². The van der Waals surface area contributed by atoms with Crippen LogP contribution in [0.2, 0.25) is 0 Å². The highest BCUT2D eigenvalue weighted by atomic mass is 32.2. The van der Waals surface area contributed by atoms with Gasteiger partial charge < -0.3 is 9.64 Å². The molecule has 1 aromatic heterocycles. The van der Waals surface area contributed by atoms with E-state index in [1.54, 1.807) is 12.3 Å². The Morgan fingerprint density at radius 3 is 2.58 bits per heavy atom. The van der Waals surface area contributed by atoms with Crippen LogP contribution >= 0.6 is 0 Å². The van der Waals surface area contributed by atoms with Crippen LogP contribution in [0.5, 0.6) is 5.88 Å². The molecule has 1 aliphatic heterocycles. The topological polar surface area (TPSA) is 75.6 Å². The molecule has 0 spiro atoms. The number of hydrogen-bond donors (Lipinski definition) is 0. The highest BCUT2D eigenvalue weighted by Crippen LogP contribution is 2.20. The zero-order valence-corrected chi connectivity index (χ0v) is 13.9. The second kappa shape index (κ2) is 6.70. The molecule has 0 amide bonds. The van der Waals surface area contributed by atoms with Gasteiger partial charge in [-0.05, 0) is 18.2 Å². The molecule has 7 nitrogen and oxygen atoms in total. The first-order valence-electron chi connectivity index (χ1n) is 7.38. The van der Waals surface area contributed by atoms with Crippen LogP contribution in [0.4, 0.5) is 10.3 Å². The summed E-state index contributed by atoms with van der Waals surface area (Å²) in [6, 6.07) is 6.69. The molecule has 0 atom stereocenters. The van der Waals surface area contributed by atoms with Crippen LogP contribution in [0.1, 0.15) is 0 Å². The molecule has 0 unspecified atom stereocenters. The molecular formula is C15H17FN4O3S. The van der Waals surface area contributed by atoms with Crippen molar-refractivity contribution < 1.29 is 17.5 Å². The number of methoxy groups -OCH3 is 1. The first-order valence-corrected chi connectivity index (χ1v) is 8.82. The molecule has 2 heterocycles. The van der Waals surface area contributed by atoms with Crippen LogP contribution in [-0.4, -0.2) is 56.0 Å². The van der Waals surface area contributed by atoms with E-state index in [-0.39, 0.29) is 18.0 Å². The number of halogens is 1. The Bertz CT molecular complexity index is 823. The van der Waals surface area contributed by atoms with Gasteiger partial charge in [0.15, 0.2) is 0 Å². The number of piperazine rings is 1. The number of aromatic nitrogens is 2. The van der Waals surface area contributed by atoms with Gasteiger partial charge in [0.1, 0.15) is 5.82 Å². The largest absolute Gasteiger partial charge is 0.481 e. The summed E-state index contributed by atoms with van der Waals surface area (Å²) in [5.41, 5.74) is 0. The fourth-order valence-electron chi connectivity index (χ4n) is 2.50. The third-order valence-electron chi connectivity index (χ3n) is 3.78. The number of nitrogens with zero attached hydrogens (tertiary/aromatic N) is 4. The van der Waals surface area contributed by atoms with E-state index in [1.807, 2.05) is 4.90 Å². The minimum atomic E-state index is -3.70. The monoisotopic (exact) mass is 352 g/mol. The van der Waals surface area contributed by atoms with Gasteiger partial charge in [0, 0.05) is 38.4 Å². The van der Waals surface area contributed by atoms with E-state index in [1.165, 1.54) is 29.6 Å². The van der Waals surface area contributed by atoms with Crippen LogP contribution in [0.15, 0.2) is 41.4 Å². The SMILES string of the molecule is COc1ccnc(N2CCN(S(=O)(=O)c3cccc(F)c3)CC2)n1. The lowest BCUT2D eigenvalue weighted by atomic mass is 10.3. The number of hydrogen-bond acceptors (Lipinski definition) is 6. The van der Waals surface area contributed by atoms with Gasteiger partial charge in [-0.2, -0.15) is 9.29 Å². The molecule has 0 bridgehead atoms. The normalized spacial score (nSPS) is 16.2. The van der Waals surface area contributed by atoms with E-state index in [0.717, 1.165) is 6.07 Å². The second-order valence-electron chi connectivity index (χ2n) is 5.25. The van der Waals surface area contributed by atoms with Crippen LogP contribution < -0.4 is 9.64 Å². The predicted molar refractivity (Wildman–Crippen MR) is 86.0 cm³/mol. The summed E-state index contributed by atoms with van der Waals surface area (Å²) in [5.74, 6) is 0.381. The van der Waals surface area contributed by atoms with Crippen LogP contribution in [0, 0.1) is 5.82 Å². The van der Waals surface area contributed by atoms with Crippen molar-refractivity contribution in [1.82, 2.24) is 14.3 Å². The highest BCUT2D eigenvalue weighted by Gasteiger charge is 2.29. The van der Waals surface area contributed by atoms with Gasteiger partial charge in [0.2, 0.25) is 21.9 Å². The number of benzene rings is 1. The molecule has 24 heavy (non-hydrogen) atoms. The van der Waals surface area contributed by atoms with Crippen molar-refractivity contribution in [2.45, 2.75) is 4.90 Å². The fourth-order valence-corrected chi connectivity index (χ4v) is 3.96. The molecule has 1 aromatic carbocycles. The Morgan fingerprint density at radius 1 is 1.17 bits per heavy atom. The maximum absolute atomic E-state index is 13.3. The molecule has 3 rings (SSSR count). The van der Waals surface area contributed by atoms with Crippen LogP contribution in [0.25, 0.3) is 0 Å². The molecule has 9 heteroatoms. The molecule has 1 aliphatic rings. The first-order chi connectivity index (χ1) is 11.5. The lowest BCUT2D eigenvalue weighted by molar-refractivity contribution is 0.377. The number of anilines is 1. The molecule has 1 fully saturated rings. The van der Waals surface area contributed by atoms with Gasteiger partial charge in [0.05, 0.1) is 12.0 Å². The van der Waals surface area contributed by atoms with Gasteiger partial charge in [-0.25, -0.2) is 17.8 Å². The molecule has 0 radical (unpaired) electrons. The Balaban J connectivity index is 1.72. The average molecular weight is 352 g/mol. The van der Waals surface area contributed by atoms with Gasteiger partial charge in [-0.3, -0.25) is 0 Å². The molecule has 0 aliphatic carbocycles. The zero-order valence-electron chi connectivity index (χ0n) is 13.1. The number of rotatable bonds is 4. The lowest BCUT2D eigenvalue weighted by Crippen LogP contribution is -2.49. The maximum atomic E-state index is 13.3. The van der Waals surface area contributed by atoms with Crippen molar-refractivity contribution in [3.05, 3.63) is 42.3 Å². The van der Waals surface area contributed by atoms with Gasteiger partial charge >= 0.3 is 0 Å². The summed E-state index contributed by atoms with van der Waals surface area (Å²) in [5, 5.41) is 0. The maximum Gasteiger partial charge on any atom is 0.243 e. The summed E-state index contributed by atoms with van der Waals surface area (Å²) in [7, 11) is -2.18. The third-order valence-corrected chi connectivity index (χ3v) is 5.68. The van der Waals surface area contributed by atoms with Crippen molar-refractivity contribution in [3.8, 4) is 5.88 Å². The van der Waals surface area contributed by atoms with Gasteiger partial charge in [-0.1, -0.05) is 6.07 Å². The molecule has 0 N–H and O–H groups in total. The van der Waals surface area contributed by atoms with E-state index in [2.05, 4.69) is 9.97 Å². The van der Waals surface area contributed by atoms with Crippen molar-refractivity contribution in [3.63, 3.8) is 0 Å². The van der Waals surface area contributed by atoms with E-state index in [0.29, 0.717) is 24.9 Å². The van der Waals surface area contributed by atoms with Crippen molar-refractivity contribution in [1.29, 1.82) is 0 Å². The second-order valence-corrected chi connectivity index (χ2v) is 7.19. The van der Waals surface area contributed by atoms with E-state index < -0.39 is 15.8 Å². The zero-order chi connectivity index (χ0) is 17.2. The van der Waals surface area contributed by atoms with Crippen molar-refractivity contribution >= 4 is 16.0 Å². The standard InChI is InChI=1S/C15H17FN4O3S/c1-23-14-5-6-17-15(18-14)19-7-9-20(10-8-19)24(21,22)13-4-2-3-12(16)11-13/h2-6,11H,7-10H2,1H3. The smallest absolute Gasteiger partial charge is 0.243 e. The Kier molecular flexibility index (Phi) is 4.63. The van der Waals surface area contributed by atoms with Crippen molar-refractivity contribution in [2.24, 2.45) is 0 Å².